The molecule has 2 N–H and O–H groups in total. The molecule has 1 atom stereocenters. The molecule has 21 heavy (non-hydrogen) atoms. The fourth-order valence-corrected chi connectivity index (χ4v) is 3.69. The number of hydrogen-bond acceptors (Lipinski definition) is 4. The topological polar surface area (TPSA) is 42.2 Å². The second-order valence-electron chi connectivity index (χ2n) is 5.44. The van der Waals surface area contributed by atoms with E-state index in [1.54, 1.807) is 4.90 Å². The second-order valence-corrected chi connectivity index (χ2v) is 6.67. The number of rotatable bonds is 1. The number of nitrogens with zero attached hydrogens (tertiary/aromatic N) is 2. The Bertz CT molecular complexity index is 665. The quantitative estimate of drug-likeness (QED) is 0.810. The van der Waals surface area contributed by atoms with Crippen LogP contribution >= 0.6 is 11.3 Å². The first-order chi connectivity index (χ1) is 9.84. The van der Waals surface area contributed by atoms with Gasteiger partial charge in [0.05, 0.1) is 32.5 Å². The molecule has 0 radical (unpaired) electrons. The van der Waals surface area contributed by atoms with Crippen LogP contribution in [0.4, 0.5) is 24.5 Å². The maximum atomic E-state index is 12.9. The summed E-state index contributed by atoms with van der Waals surface area (Å²) >= 11 is 1.54. The zero-order chi connectivity index (χ0) is 15.2. The number of anilines is 2. The van der Waals surface area contributed by atoms with Gasteiger partial charge in [-0.3, -0.25) is 0 Å². The Labute approximate surface area is 124 Å². The van der Waals surface area contributed by atoms with Gasteiger partial charge in [-0.2, -0.15) is 13.2 Å². The van der Waals surface area contributed by atoms with Crippen molar-refractivity contribution in [1.82, 2.24) is 4.98 Å². The lowest BCUT2D eigenvalue weighted by atomic mass is 9.97. The molecule has 1 fully saturated rings. The molecule has 0 bridgehead atoms. The average molecular weight is 315 g/mol. The minimum absolute atomic E-state index is 0.0255. The lowest BCUT2D eigenvalue weighted by molar-refractivity contribution is -0.175. The van der Waals surface area contributed by atoms with Crippen LogP contribution in [0.15, 0.2) is 12.1 Å². The van der Waals surface area contributed by atoms with Crippen LogP contribution < -0.4 is 10.6 Å². The van der Waals surface area contributed by atoms with Crippen LogP contribution in [0.3, 0.4) is 0 Å². The summed E-state index contributed by atoms with van der Waals surface area (Å²) in [4.78, 5) is 6.13. The van der Waals surface area contributed by atoms with Gasteiger partial charge in [-0.15, -0.1) is 11.3 Å². The third-order valence-electron chi connectivity index (χ3n) is 3.87. The number of hydrogen-bond donors (Lipinski definition) is 1. The van der Waals surface area contributed by atoms with Crippen molar-refractivity contribution in [3.63, 3.8) is 0 Å². The number of aromatic nitrogens is 1. The van der Waals surface area contributed by atoms with Crippen molar-refractivity contribution in [3.05, 3.63) is 17.1 Å². The van der Waals surface area contributed by atoms with Crippen LogP contribution in [-0.4, -0.2) is 24.2 Å². The zero-order valence-electron chi connectivity index (χ0n) is 11.6. The van der Waals surface area contributed by atoms with Gasteiger partial charge in [0, 0.05) is 13.1 Å². The molecule has 0 aliphatic carbocycles. The number of fused-ring (bicyclic) bond motifs is 1. The normalized spacial score (nSPS) is 20.2. The summed E-state index contributed by atoms with van der Waals surface area (Å²) in [5.41, 5.74) is 8.03. The number of alkyl halides is 3. The molecule has 2 aromatic rings. The molecule has 1 aliphatic rings. The van der Waals surface area contributed by atoms with E-state index in [1.807, 2.05) is 19.1 Å². The maximum absolute atomic E-state index is 12.9. The van der Waals surface area contributed by atoms with Gasteiger partial charge in [0.15, 0.2) is 0 Å². The fourth-order valence-electron chi connectivity index (χ4n) is 2.83. The van der Waals surface area contributed by atoms with Crippen LogP contribution in [0.25, 0.3) is 10.2 Å². The van der Waals surface area contributed by atoms with Crippen molar-refractivity contribution in [2.24, 2.45) is 5.92 Å². The van der Waals surface area contributed by atoms with Gasteiger partial charge in [0.25, 0.3) is 0 Å². The van der Waals surface area contributed by atoms with E-state index in [0.717, 1.165) is 15.2 Å². The molecule has 1 saturated heterocycles. The Morgan fingerprint density at radius 1 is 1.38 bits per heavy atom. The number of aryl methyl sites for hydroxylation is 1. The maximum Gasteiger partial charge on any atom is 0.393 e. The highest BCUT2D eigenvalue weighted by atomic mass is 32.1. The molecule has 0 spiro atoms. The molecule has 1 unspecified atom stereocenters. The van der Waals surface area contributed by atoms with Gasteiger partial charge < -0.3 is 10.6 Å². The van der Waals surface area contributed by atoms with Crippen molar-refractivity contribution in [1.29, 1.82) is 0 Å². The van der Waals surface area contributed by atoms with E-state index >= 15 is 0 Å². The number of nitrogen functional groups attached to an aromatic ring is 1. The molecular formula is C14H16F3N3S. The third kappa shape index (κ3) is 2.79. The highest BCUT2D eigenvalue weighted by Crippen LogP contribution is 2.38. The van der Waals surface area contributed by atoms with E-state index < -0.39 is 12.1 Å². The number of thiazole rings is 1. The molecule has 2 heterocycles. The van der Waals surface area contributed by atoms with Gasteiger partial charge in [-0.05, 0) is 31.9 Å². The van der Waals surface area contributed by atoms with Gasteiger partial charge in [-0.1, -0.05) is 0 Å². The minimum atomic E-state index is -4.14. The number of halogens is 3. The number of benzene rings is 1. The fraction of sp³-hybridized carbons (Fsp3) is 0.500. The molecule has 0 amide bonds. The number of nitrogens with two attached hydrogens (primary N) is 1. The molecule has 1 aromatic carbocycles. The highest BCUT2D eigenvalue weighted by Gasteiger charge is 2.42. The van der Waals surface area contributed by atoms with E-state index in [0.29, 0.717) is 24.3 Å². The van der Waals surface area contributed by atoms with E-state index in [2.05, 4.69) is 4.98 Å². The van der Waals surface area contributed by atoms with Crippen LogP contribution in [0.2, 0.25) is 0 Å². The Morgan fingerprint density at radius 2 is 2.14 bits per heavy atom. The monoisotopic (exact) mass is 315 g/mol. The van der Waals surface area contributed by atoms with Gasteiger partial charge >= 0.3 is 6.18 Å². The van der Waals surface area contributed by atoms with Crippen molar-refractivity contribution in [2.45, 2.75) is 25.9 Å². The molecule has 114 valence electrons. The number of piperidine rings is 1. The van der Waals surface area contributed by atoms with Crippen LogP contribution in [-0.2, 0) is 0 Å². The zero-order valence-corrected chi connectivity index (χ0v) is 12.4. The summed E-state index contributed by atoms with van der Waals surface area (Å²) in [5, 5.41) is 0.924. The Kier molecular flexibility index (Phi) is 3.47. The van der Waals surface area contributed by atoms with E-state index in [9.17, 15) is 13.2 Å². The largest absolute Gasteiger partial charge is 0.397 e. The summed E-state index contributed by atoms with van der Waals surface area (Å²) in [6.07, 6.45) is -3.43. The van der Waals surface area contributed by atoms with Crippen LogP contribution in [0.1, 0.15) is 17.8 Å². The Hall–Kier alpha value is -1.50. The van der Waals surface area contributed by atoms with Gasteiger partial charge in [-0.25, -0.2) is 4.98 Å². The summed E-state index contributed by atoms with van der Waals surface area (Å²) < 4.78 is 39.7. The SMILES string of the molecule is Cc1nc2cc(N3CCCC(C(F)(F)F)C3)c(N)cc2s1. The second kappa shape index (κ2) is 5.05. The highest BCUT2D eigenvalue weighted by molar-refractivity contribution is 7.18. The molecule has 0 saturated carbocycles. The predicted molar refractivity (Wildman–Crippen MR) is 79.8 cm³/mol. The average Bonchev–Trinajstić information content (AvgIpc) is 2.76. The van der Waals surface area contributed by atoms with Crippen molar-refractivity contribution >= 4 is 32.9 Å². The first-order valence-electron chi connectivity index (χ1n) is 6.83. The molecule has 1 aromatic heterocycles. The van der Waals surface area contributed by atoms with E-state index in [-0.39, 0.29) is 13.0 Å². The third-order valence-corrected chi connectivity index (χ3v) is 4.80. The molecular weight excluding hydrogens is 299 g/mol. The van der Waals surface area contributed by atoms with Gasteiger partial charge in [0.2, 0.25) is 0 Å². The standard InChI is InChI=1S/C14H16F3N3S/c1-8-19-11-6-12(10(18)5-13(11)21-8)20-4-2-3-9(7-20)14(15,16)17/h5-6,9H,2-4,7,18H2,1H3. The van der Waals surface area contributed by atoms with E-state index in [4.69, 9.17) is 5.73 Å². The Balaban J connectivity index is 1.94. The molecule has 1 aliphatic heterocycles. The minimum Gasteiger partial charge on any atom is -0.397 e. The molecule has 7 heteroatoms. The Morgan fingerprint density at radius 3 is 2.86 bits per heavy atom. The van der Waals surface area contributed by atoms with Gasteiger partial charge in [0.1, 0.15) is 0 Å². The predicted octanol–water partition coefficient (Wildman–Crippen LogP) is 3.97. The first kappa shape index (κ1) is 14.4. The summed E-state index contributed by atoms with van der Waals surface area (Å²) in [7, 11) is 0. The lowest BCUT2D eigenvalue weighted by Crippen LogP contribution is -2.42. The lowest BCUT2D eigenvalue weighted by Gasteiger charge is -2.35. The first-order valence-corrected chi connectivity index (χ1v) is 7.64. The van der Waals surface area contributed by atoms with E-state index in [1.165, 1.54) is 11.3 Å². The summed E-state index contributed by atoms with van der Waals surface area (Å²) in [6.45, 7) is 2.48. The van der Waals surface area contributed by atoms with Crippen molar-refractivity contribution in [2.75, 3.05) is 23.7 Å². The van der Waals surface area contributed by atoms with Crippen molar-refractivity contribution in [3.8, 4) is 0 Å². The molecule has 3 rings (SSSR count). The smallest absolute Gasteiger partial charge is 0.393 e. The van der Waals surface area contributed by atoms with Crippen LogP contribution in [0.5, 0.6) is 0 Å². The van der Waals surface area contributed by atoms with Crippen molar-refractivity contribution < 1.29 is 13.2 Å². The van der Waals surface area contributed by atoms with Crippen LogP contribution in [0, 0.1) is 12.8 Å². The molecule has 3 nitrogen and oxygen atoms in total. The summed E-state index contributed by atoms with van der Waals surface area (Å²) in [5.74, 6) is -1.28. The summed E-state index contributed by atoms with van der Waals surface area (Å²) in [6, 6.07) is 3.62.